The summed E-state index contributed by atoms with van der Waals surface area (Å²) in [5.41, 5.74) is 1.53. The van der Waals surface area contributed by atoms with Crippen molar-refractivity contribution in [1.82, 2.24) is 15.2 Å². The highest BCUT2D eigenvalue weighted by Crippen LogP contribution is 2.18. The monoisotopic (exact) mass is 335 g/mol. The molecule has 3 aromatic rings. The van der Waals surface area contributed by atoms with E-state index in [1.807, 2.05) is 12.1 Å². The number of aromatic nitrogens is 3. The number of nitrogens with zero attached hydrogens (tertiary/aromatic N) is 3. The lowest BCUT2D eigenvalue weighted by atomic mass is 10.2. The Labute approximate surface area is 145 Å². The minimum absolute atomic E-state index is 0.302. The predicted octanol–water partition coefficient (Wildman–Crippen LogP) is 2.74. The molecule has 0 atom stereocenters. The standard InChI is InChI=1S/C18H17N5O2/c1-25-15-5-3-2-4-14(15)18(24)21-17-7-6-16(22-23-17)20-12-13-8-10-19-11-9-13/h2-11H,12H2,1H3,(H,20,22)(H,21,23,24). The number of carbonyl (C=O) groups is 1. The smallest absolute Gasteiger partial charge is 0.260 e. The minimum atomic E-state index is -0.302. The van der Waals surface area contributed by atoms with Gasteiger partial charge in [-0.2, -0.15) is 0 Å². The number of hydrogen-bond donors (Lipinski definition) is 2. The molecule has 0 aliphatic rings. The SMILES string of the molecule is COc1ccccc1C(=O)Nc1ccc(NCc2ccncc2)nn1. The van der Waals surface area contributed by atoms with Crippen LogP contribution in [0.1, 0.15) is 15.9 Å². The molecular weight excluding hydrogens is 318 g/mol. The Bertz CT molecular complexity index is 838. The van der Waals surface area contributed by atoms with Crippen LogP contribution < -0.4 is 15.4 Å². The molecule has 1 aromatic carbocycles. The Hall–Kier alpha value is -3.48. The van der Waals surface area contributed by atoms with Gasteiger partial charge in [0.05, 0.1) is 12.7 Å². The molecule has 0 aliphatic carbocycles. The fraction of sp³-hybridized carbons (Fsp3) is 0.111. The first-order valence-electron chi connectivity index (χ1n) is 7.67. The highest BCUT2D eigenvalue weighted by Gasteiger charge is 2.12. The first kappa shape index (κ1) is 16.4. The van der Waals surface area contributed by atoms with Gasteiger partial charge in [-0.15, -0.1) is 10.2 Å². The van der Waals surface area contributed by atoms with E-state index in [0.717, 1.165) is 5.56 Å². The van der Waals surface area contributed by atoms with Crippen molar-refractivity contribution in [3.8, 4) is 5.75 Å². The van der Waals surface area contributed by atoms with Gasteiger partial charge in [0.2, 0.25) is 0 Å². The predicted molar refractivity (Wildman–Crippen MR) is 94.5 cm³/mol. The van der Waals surface area contributed by atoms with Crippen LogP contribution in [0.15, 0.2) is 60.9 Å². The Morgan fingerprint density at radius 2 is 1.72 bits per heavy atom. The molecule has 3 rings (SSSR count). The van der Waals surface area contributed by atoms with Crippen LogP contribution >= 0.6 is 0 Å². The highest BCUT2D eigenvalue weighted by atomic mass is 16.5. The topological polar surface area (TPSA) is 89.0 Å². The second kappa shape index (κ2) is 7.87. The molecule has 1 amide bonds. The zero-order valence-electron chi connectivity index (χ0n) is 13.6. The van der Waals surface area contributed by atoms with Crippen LogP contribution in [0.4, 0.5) is 11.6 Å². The Balaban J connectivity index is 1.61. The maximum absolute atomic E-state index is 12.3. The minimum Gasteiger partial charge on any atom is -0.496 e. The first-order chi connectivity index (χ1) is 12.3. The van der Waals surface area contributed by atoms with Crippen LogP contribution in [0.5, 0.6) is 5.75 Å². The van der Waals surface area contributed by atoms with Crippen LogP contribution in [0, 0.1) is 0 Å². The summed E-state index contributed by atoms with van der Waals surface area (Å²) in [6.45, 7) is 0.615. The molecule has 0 aliphatic heterocycles. The van der Waals surface area contributed by atoms with E-state index in [9.17, 15) is 4.79 Å². The van der Waals surface area contributed by atoms with Crippen molar-refractivity contribution >= 4 is 17.5 Å². The lowest BCUT2D eigenvalue weighted by Gasteiger charge is -2.09. The van der Waals surface area contributed by atoms with Crippen LogP contribution in [0.25, 0.3) is 0 Å². The molecule has 7 nitrogen and oxygen atoms in total. The van der Waals surface area contributed by atoms with Crippen LogP contribution in [0.3, 0.4) is 0 Å². The summed E-state index contributed by atoms with van der Waals surface area (Å²) in [6, 6.07) is 14.3. The zero-order valence-corrected chi connectivity index (χ0v) is 13.6. The van der Waals surface area contributed by atoms with E-state index in [-0.39, 0.29) is 5.91 Å². The summed E-state index contributed by atoms with van der Waals surface area (Å²) in [6.07, 6.45) is 3.47. The molecular formula is C18H17N5O2. The normalized spacial score (nSPS) is 10.1. The number of carbonyl (C=O) groups excluding carboxylic acids is 1. The molecule has 0 saturated carbocycles. The lowest BCUT2D eigenvalue weighted by Crippen LogP contribution is -2.14. The molecule has 0 bridgehead atoms. The second-order valence-electron chi connectivity index (χ2n) is 5.17. The van der Waals surface area contributed by atoms with Crippen LogP contribution in [-0.2, 0) is 6.54 Å². The number of para-hydroxylation sites is 1. The van der Waals surface area contributed by atoms with Crippen molar-refractivity contribution in [2.75, 3.05) is 17.7 Å². The highest BCUT2D eigenvalue weighted by molar-refractivity contribution is 6.05. The van der Waals surface area contributed by atoms with E-state index in [4.69, 9.17) is 4.74 Å². The van der Waals surface area contributed by atoms with Gasteiger partial charge < -0.3 is 15.4 Å². The molecule has 0 radical (unpaired) electrons. The van der Waals surface area contributed by atoms with Crippen molar-refractivity contribution in [2.45, 2.75) is 6.54 Å². The zero-order chi connectivity index (χ0) is 17.5. The molecule has 7 heteroatoms. The molecule has 2 N–H and O–H groups in total. The van der Waals surface area contributed by atoms with Crippen molar-refractivity contribution < 1.29 is 9.53 Å². The van der Waals surface area contributed by atoms with Gasteiger partial charge in [0.25, 0.3) is 5.91 Å². The molecule has 2 heterocycles. The number of pyridine rings is 1. The molecule has 0 spiro atoms. The number of anilines is 2. The summed E-state index contributed by atoms with van der Waals surface area (Å²) in [5.74, 6) is 1.19. The van der Waals surface area contributed by atoms with E-state index < -0.39 is 0 Å². The third-order valence-electron chi connectivity index (χ3n) is 3.48. The number of methoxy groups -OCH3 is 1. The summed E-state index contributed by atoms with van der Waals surface area (Å²) in [7, 11) is 1.52. The molecule has 25 heavy (non-hydrogen) atoms. The summed E-state index contributed by atoms with van der Waals surface area (Å²) in [4.78, 5) is 16.3. The molecule has 0 unspecified atom stereocenters. The molecule has 0 saturated heterocycles. The summed E-state index contributed by atoms with van der Waals surface area (Å²) >= 11 is 0. The fourth-order valence-corrected chi connectivity index (χ4v) is 2.20. The van der Waals surface area contributed by atoms with E-state index >= 15 is 0 Å². The quantitative estimate of drug-likeness (QED) is 0.720. The average Bonchev–Trinajstić information content (AvgIpc) is 2.68. The van der Waals surface area contributed by atoms with Crippen molar-refractivity contribution in [3.05, 3.63) is 72.1 Å². The second-order valence-corrected chi connectivity index (χ2v) is 5.17. The summed E-state index contributed by atoms with van der Waals surface area (Å²) in [5, 5.41) is 13.9. The fourth-order valence-electron chi connectivity index (χ4n) is 2.20. The van der Waals surface area contributed by atoms with Crippen molar-refractivity contribution in [3.63, 3.8) is 0 Å². The van der Waals surface area contributed by atoms with Gasteiger partial charge in [0.1, 0.15) is 11.6 Å². The largest absolute Gasteiger partial charge is 0.496 e. The number of hydrogen-bond acceptors (Lipinski definition) is 6. The maximum atomic E-state index is 12.3. The Morgan fingerprint density at radius 1 is 1.00 bits per heavy atom. The van der Waals surface area contributed by atoms with Crippen molar-refractivity contribution in [2.24, 2.45) is 0 Å². The molecule has 2 aromatic heterocycles. The number of benzene rings is 1. The third-order valence-corrected chi connectivity index (χ3v) is 3.48. The van der Waals surface area contributed by atoms with E-state index in [0.29, 0.717) is 29.5 Å². The first-order valence-corrected chi connectivity index (χ1v) is 7.67. The van der Waals surface area contributed by atoms with Crippen molar-refractivity contribution in [1.29, 1.82) is 0 Å². The van der Waals surface area contributed by atoms with Crippen LogP contribution in [0.2, 0.25) is 0 Å². The van der Waals surface area contributed by atoms with E-state index in [1.165, 1.54) is 7.11 Å². The summed E-state index contributed by atoms with van der Waals surface area (Å²) < 4.78 is 5.19. The van der Waals surface area contributed by atoms with Gasteiger partial charge in [0, 0.05) is 18.9 Å². The van der Waals surface area contributed by atoms with Gasteiger partial charge in [-0.05, 0) is 42.0 Å². The number of ether oxygens (including phenoxy) is 1. The third kappa shape index (κ3) is 4.29. The Morgan fingerprint density at radius 3 is 2.44 bits per heavy atom. The average molecular weight is 335 g/mol. The number of amides is 1. The lowest BCUT2D eigenvalue weighted by molar-refractivity contribution is 0.102. The van der Waals surface area contributed by atoms with Gasteiger partial charge in [-0.1, -0.05) is 12.1 Å². The van der Waals surface area contributed by atoms with E-state index in [2.05, 4.69) is 25.8 Å². The maximum Gasteiger partial charge on any atom is 0.260 e. The van der Waals surface area contributed by atoms with Crippen LogP contribution in [-0.4, -0.2) is 28.2 Å². The van der Waals surface area contributed by atoms with Gasteiger partial charge in [0.15, 0.2) is 5.82 Å². The van der Waals surface area contributed by atoms with Gasteiger partial charge >= 0.3 is 0 Å². The van der Waals surface area contributed by atoms with Gasteiger partial charge in [-0.25, -0.2) is 0 Å². The molecule has 126 valence electrons. The Kier molecular flexibility index (Phi) is 5.16. The van der Waals surface area contributed by atoms with E-state index in [1.54, 1.807) is 48.8 Å². The number of nitrogens with one attached hydrogen (secondary N) is 2. The molecule has 0 fully saturated rings. The number of rotatable bonds is 6. The van der Waals surface area contributed by atoms with Gasteiger partial charge in [-0.3, -0.25) is 9.78 Å².